The minimum Gasteiger partial charge on any atom is -0.494 e. The minimum absolute atomic E-state index is 0.00315. The van der Waals surface area contributed by atoms with E-state index in [-0.39, 0.29) is 45.6 Å². The third-order valence-electron chi connectivity index (χ3n) is 5.00. The zero-order valence-electron chi connectivity index (χ0n) is 19.1. The number of thiazole rings is 1. The predicted octanol–water partition coefficient (Wildman–Crippen LogP) is 3.45. The topological polar surface area (TPSA) is 123 Å². The lowest BCUT2D eigenvalue weighted by Gasteiger charge is -2.16. The molecule has 0 aliphatic heterocycles. The molecule has 0 aliphatic carbocycles. The van der Waals surface area contributed by atoms with Crippen molar-refractivity contribution in [1.29, 1.82) is 0 Å². The molecule has 186 valence electrons. The van der Waals surface area contributed by atoms with E-state index in [2.05, 4.69) is 30.2 Å². The molecule has 0 fully saturated rings. The van der Waals surface area contributed by atoms with Gasteiger partial charge in [0.15, 0.2) is 5.13 Å². The number of hydrogen-bond donors (Lipinski definition) is 1. The maximum atomic E-state index is 13.4. The summed E-state index contributed by atoms with van der Waals surface area (Å²) in [4.78, 5) is 47.2. The number of methoxy groups -OCH3 is 1. The van der Waals surface area contributed by atoms with Crippen molar-refractivity contribution in [3.05, 3.63) is 54.0 Å². The van der Waals surface area contributed by atoms with Crippen molar-refractivity contribution < 1.29 is 27.5 Å². The van der Waals surface area contributed by atoms with Crippen LogP contribution in [-0.4, -0.2) is 62.8 Å². The van der Waals surface area contributed by atoms with Gasteiger partial charge in [0, 0.05) is 31.4 Å². The van der Waals surface area contributed by atoms with Gasteiger partial charge in [-0.05, 0) is 12.1 Å². The number of pyridine rings is 2. The second kappa shape index (κ2) is 9.81. The summed E-state index contributed by atoms with van der Waals surface area (Å²) in [5.41, 5.74) is -0.464. The first kappa shape index (κ1) is 24.9. The number of alkyl halides is 3. The van der Waals surface area contributed by atoms with Gasteiger partial charge < -0.3 is 9.64 Å². The van der Waals surface area contributed by atoms with Gasteiger partial charge in [0.2, 0.25) is 5.91 Å². The standard InChI is InChI=1S/C22H18F3N7O3S/c1-32(2)18(33)5-11-4-12(13-6-17(22(23,24)25)28-9-16(13)35-3)14(7-27-11)19(34)31-21-30-15-8-26-10-29-20(15)36-21/h4,6-10H,5H2,1-3H3,(H,30,31,34). The molecule has 36 heavy (non-hydrogen) atoms. The van der Waals surface area contributed by atoms with Gasteiger partial charge in [0.05, 0.1) is 37.2 Å². The quantitative estimate of drug-likeness (QED) is 0.413. The van der Waals surface area contributed by atoms with Crippen molar-refractivity contribution in [2.75, 3.05) is 26.5 Å². The number of likely N-dealkylation sites (N-methyl/N-ethyl adjacent to an activating group) is 1. The smallest absolute Gasteiger partial charge is 0.433 e. The number of hydrogen-bond acceptors (Lipinski definition) is 9. The Bertz CT molecular complexity index is 1420. The number of carbonyl (C=O) groups excluding carboxylic acids is 2. The lowest BCUT2D eigenvalue weighted by atomic mass is 9.98. The van der Waals surface area contributed by atoms with Crippen LogP contribution in [0.5, 0.6) is 5.75 Å². The molecule has 4 rings (SSSR count). The SMILES string of the molecule is COc1cnc(C(F)(F)F)cc1-c1cc(CC(=O)N(C)C)ncc1C(=O)Nc1nc2cncnc2s1. The van der Waals surface area contributed by atoms with E-state index in [0.29, 0.717) is 10.3 Å². The molecule has 4 heterocycles. The molecule has 10 nitrogen and oxygen atoms in total. The van der Waals surface area contributed by atoms with Gasteiger partial charge in [0.25, 0.3) is 5.91 Å². The first-order valence-corrected chi connectivity index (χ1v) is 11.1. The summed E-state index contributed by atoms with van der Waals surface area (Å²) in [5.74, 6) is -0.954. The third-order valence-corrected chi connectivity index (χ3v) is 5.89. The first-order valence-electron chi connectivity index (χ1n) is 10.3. The minimum atomic E-state index is -4.73. The fourth-order valence-electron chi connectivity index (χ4n) is 3.19. The Balaban J connectivity index is 1.82. The van der Waals surface area contributed by atoms with E-state index in [1.807, 2.05) is 0 Å². The highest BCUT2D eigenvalue weighted by Crippen LogP contribution is 2.37. The molecular formula is C22H18F3N7O3S. The van der Waals surface area contributed by atoms with Crippen LogP contribution in [0.15, 0.2) is 37.1 Å². The summed E-state index contributed by atoms with van der Waals surface area (Å²) >= 11 is 1.10. The fourth-order valence-corrected chi connectivity index (χ4v) is 3.96. The Morgan fingerprint density at radius 1 is 1.08 bits per heavy atom. The molecule has 0 aliphatic rings. The van der Waals surface area contributed by atoms with Crippen LogP contribution in [0.25, 0.3) is 21.5 Å². The summed E-state index contributed by atoms with van der Waals surface area (Å²) in [6, 6.07) is 2.17. The van der Waals surface area contributed by atoms with E-state index in [9.17, 15) is 22.8 Å². The van der Waals surface area contributed by atoms with Gasteiger partial charge in [0.1, 0.15) is 28.1 Å². The molecule has 0 aromatic carbocycles. The van der Waals surface area contributed by atoms with Gasteiger partial charge >= 0.3 is 6.18 Å². The average molecular weight is 517 g/mol. The number of nitrogens with one attached hydrogen (secondary N) is 1. The summed E-state index contributed by atoms with van der Waals surface area (Å²) in [5, 5.41) is 2.84. The number of aromatic nitrogens is 5. The van der Waals surface area contributed by atoms with Crippen LogP contribution in [0, 0.1) is 0 Å². The van der Waals surface area contributed by atoms with Crippen LogP contribution in [0.3, 0.4) is 0 Å². The number of carbonyl (C=O) groups is 2. The lowest BCUT2D eigenvalue weighted by Crippen LogP contribution is -2.24. The molecule has 0 saturated carbocycles. The monoisotopic (exact) mass is 517 g/mol. The van der Waals surface area contributed by atoms with Crippen LogP contribution < -0.4 is 10.1 Å². The van der Waals surface area contributed by atoms with Crippen molar-refractivity contribution in [1.82, 2.24) is 29.8 Å². The van der Waals surface area contributed by atoms with Gasteiger partial charge in [-0.2, -0.15) is 13.2 Å². The number of nitrogens with zero attached hydrogens (tertiary/aromatic N) is 6. The Hall–Kier alpha value is -4.20. The highest BCUT2D eigenvalue weighted by atomic mass is 32.1. The van der Waals surface area contributed by atoms with Crippen LogP contribution in [0.4, 0.5) is 18.3 Å². The summed E-state index contributed by atoms with van der Waals surface area (Å²) < 4.78 is 45.6. The summed E-state index contributed by atoms with van der Waals surface area (Å²) in [6.45, 7) is 0. The fraction of sp³-hybridized carbons (Fsp3) is 0.227. The number of amides is 2. The van der Waals surface area contributed by atoms with Gasteiger partial charge in [-0.15, -0.1) is 0 Å². The van der Waals surface area contributed by atoms with E-state index >= 15 is 0 Å². The highest BCUT2D eigenvalue weighted by molar-refractivity contribution is 7.21. The number of anilines is 1. The Kier molecular flexibility index (Phi) is 6.79. The summed E-state index contributed by atoms with van der Waals surface area (Å²) in [7, 11) is 4.40. The molecule has 14 heteroatoms. The predicted molar refractivity (Wildman–Crippen MR) is 125 cm³/mol. The van der Waals surface area contributed by atoms with E-state index in [0.717, 1.165) is 23.6 Å². The molecule has 0 unspecified atom stereocenters. The lowest BCUT2D eigenvalue weighted by molar-refractivity contribution is -0.141. The highest BCUT2D eigenvalue weighted by Gasteiger charge is 2.34. The van der Waals surface area contributed by atoms with Crippen LogP contribution in [-0.2, 0) is 17.4 Å². The molecular weight excluding hydrogens is 499 g/mol. The van der Waals surface area contributed by atoms with E-state index < -0.39 is 17.8 Å². The third kappa shape index (κ3) is 5.22. The van der Waals surface area contributed by atoms with Crippen molar-refractivity contribution >= 4 is 38.6 Å². The van der Waals surface area contributed by atoms with E-state index in [1.54, 1.807) is 14.1 Å². The molecule has 0 radical (unpaired) electrons. The molecule has 2 amide bonds. The molecule has 0 bridgehead atoms. The van der Waals surface area contributed by atoms with Crippen molar-refractivity contribution in [2.24, 2.45) is 0 Å². The maximum Gasteiger partial charge on any atom is 0.433 e. The Morgan fingerprint density at radius 3 is 2.53 bits per heavy atom. The Morgan fingerprint density at radius 2 is 1.86 bits per heavy atom. The normalized spacial score (nSPS) is 11.4. The first-order chi connectivity index (χ1) is 17.1. The van der Waals surface area contributed by atoms with Gasteiger partial charge in [-0.3, -0.25) is 19.9 Å². The molecule has 0 atom stereocenters. The van der Waals surface area contributed by atoms with E-state index in [4.69, 9.17) is 4.74 Å². The second-order valence-electron chi connectivity index (χ2n) is 7.64. The van der Waals surface area contributed by atoms with Gasteiger partial charge in [-0.25, -0.2) is 19.9 Å². The molecule has 0 saturated heterocycles. The zero-order chi connectivity index (χ0) is 26.0. The molecule has 4 aromatic heterocycles. The second-order valence-corrected chi connectivity index (χ2v) is 8.62. The number of rotatable bonds is 6. The van der Waals surface area contributed by atoms with E-state index in [1.165, 1.54) is 36.8 Å². The van der Waals surface area contributed by atoms with Crippen molar-refractivity contribution in [3.8, 4) is 16.9 Å². The van der Waals surface area contributed by atoms with Crippen molar-refractivity contribution in [2.45, 2.75) is 12.6 Å². The van der Waals surface area contributed by atoms with Gasteiger partial charge in [-0.1, -0.05) is 11.3 Å². The largest absolute Gasteiger partial charge is 0.494 e. The van der Waals surface area contributed by atoms with Crippen LogP contribution >= 0.6 is 11.3 Å². The molecule has 4 aromatic rings. The Labute approximate surface area is 206 Å². The zero-order valence-corrected chi connectivity index (χ0v) is 19.9. The van der Waals surface area contributed by atoms with Crippen LogP contribution in [0.1, 0.15) is 21.7 Å². The molecule has 1 N–H and O–H groups in total. The average Bonchev–Trinajstić information content (AvgIpc) is 3.25. The number of ether oxygens (including phenoxy) is 1. The number of halogens is 3. The maximum absolute atomic E-state index is 13.4. The van der Waals surface area contributed by atoms with Crippen molar-refractivity contribution in [3.63, 3.8) is 0 Å². The number of fused-ring (bicyclic) bond motifs is 1. The van der Waals surface area contributed by atoms with Crippen LogP contribution in [0.2, 0.25) is 0 Å². The summed E-state index contributed by atoms with van der Waals surface area (Å²) in [6.07, 6.45) is 0.0921. The molecule has 0 spiro atoms.